The Kier molecular flexibility index (Phi) is 4.84. The van der Waals surface area contributed by atoms with Gasteiger partial charge in [-0.3, -0.25) is 0 Å². The van der Waals surface area contributed by atoms with E-state index in [1.54, 1.807) is 0 Å². The summed E-state index contributed by atoms with van der Waals surface area (Å²) >= 11 is 0. The highest BCUT2D eigenvalue weighted by molar-refractivity contribution is 5.94. The molecule has 5 aromatic carbocycles. The summed E-state index contributed by atoms with van der Waals surface area (Å²) in [5.41, 5.74) is 12.0. The SMILES string of the molecule is CC1(C)c2ccccc2-c2ccc(-c3ccc(-c4nc(-c5ccccc5)nc5ccccc45)cc3)cc21. The number of hydrogen-bond acceptors (Lipinski definition) is 2. The number of aromatic nitrogens is 2. The van der Waals surface area contributed by atoms with Gasteiger partial charge < -0.3 is 0 Å². The highest BCUT2D eigenvalue weighted by Crippen LogP contribution is 2.49. The Morgan fingerprint density at radius 1 is 0.486 bits per heavy atom. The van der Waals surface area contributed by atoms with E-state index in [0.717, 1.165) is 33.5 Å². The van der Waals surface area contributed by atoms with Crippen molar-refractivity contribution < 1.29 is 0 Å². The third-order valence-corrected chi connectivity index (χ3v) is 7.71. The molecule has 0 atom stereocenters. The summed E-state index contributed by atoms with van der Waals surface area (Å²) in [7, 11) is 0. The fourth-order valence-electron chi connectivity index (χ4n) is 5.72. The molecule has 0 radical (unpaired) electrons. The molecule has 0 amide bonds. The largest absolute Gasteiger partial charge is 0.228 e. The number of benzene rings is 5. The topological polar surface area (TPSA) is 25.8 Å². The summed E-state index contributed by atoms with van der Waals surface area (Å²) < 4.78 is 0. The van der Waals surface area contributed by atoms with Gasteiger partial charge in [0.05, 0.1) is 11.2 Å². The Morgan fingerprint density at radius 2 is 1.14 bits per heavy atom. The van der Waals surface area contributed by atoms with Crippen LogP contribution in [-0.2, 0) is 5.41 Å². The quantitative estimate of drug-likeness (QED) is 0.256. The molecule has 1 heterocycles. The first-order valence-electron chi connectivity index (χ1n) is 12.8. The van der Waals surface area contributed by atoms with Crippen LogP contribution in [0, 0.1) is 0 Å². The van der Waals surface area contributed by atoms with E-state index in [4.69, 9.17) is 9.97 Å². The van der Waals surface area contributed by atoms with Crippen molar-refractivity contribution in [3.63, 3.8) is 0 Å². The average molecular weight is 475 g/mol. The Bertz CT molecular complexity index is 1780. The molecule has 2 nitrogen and oxygen atoms in total. The van der Waals surface area contributed by atoms with Crippen LogP contribution in [0.5, 0.6) is 0 Å². The van der Waals surface area contributed by atoms with Crippen molar-refractivity contribution >= 4 is 10.9 Å². The van der Waals surface area contributed by atoms with E-state index in [1.807, 2.05) is 24.3 Å². The normalized spacial score (nSPS) is 13.4. The molecule has 7 rings (SSSR count). The van der Waals surface area contributed by atoms with Crippen LogP contribution in [0.15, 0.2) is 121 Å². The average Bonchev–Trinajstić information content (AvgIpc) is 3.19. The first-order valence-corrected chi connectivity index (χ1v) is 12.8. The van der Waals surface area contributed by atoms with E-state index in [-0.39, 0.29) is 5.41 Å². The molecule has 0 N–H and O–H groups in total. The molecule has 176 valence electrons. The number of fused-ring (bicyclic) bond motifs is 4. The predicted octanol–water partition coefficient (Wildman–Crippen LogP) is 8.94. The second-order valence-electron chi connectivity index (χ2n) is 10.3. The Labute approximate surface area is 217 Å². The Morgan fingerprint density at radius 3 is 1.97 bits per heavy atom. The number of nitrogens with zero attached hydrogens (tertiary/aromatic N) is 2. The molecular formula is C35H26N2. The van der Waals surface area contributed by atoms with Crippen LogP contribution < -0.4 is 0 Å². The van der Waals surface area contributed by atoms with Crippen LogP contribution >= 0.6 is 0 Å². The summed E-state index contributed by atoms with van der Waals surface area (Å²) in [4.78, 5) is 9.87. The highest BCUT2D eigenvalue weighted by atomic mass is 14.9. The van der Waals surface area contributed by atoms with Gasteiger partial charge in [0.2, 0.25) is 0 Å². The first kappa shape index (κ1) is 21.7. The van der Waals surface area contributed by atoms with Gasteiger partial charge >= 0.3 is 0 Å². The van der Waals surface area contributed by atoms with E-state index < -0.39 is 0 Å². The first-order chi connectivity index (χ1) is 18.1. The third-order valence-electron chi connectivity index (χ3n) is 7.71. The molecular weight excluding hydrogens is 448 g/mol. The van der Waals surface area contributed by atoms with Crippen molar-refractivity contribution in [2.24, 2.45) is 0 Å². The molecule has 0 saturated heterocycles. The maximum Gasteiger partial charge on any atom is 0.160 e. The molecule has 0 bridgehead atoms. The maximum atomic E-state index is 5.02. The van der Waals surface area contributed by atoms with E-state index in [2.05, 4.69) is 111 Å². The van der Waals surface area contributed by atoms with Crippen LogP contribution in [0.25, 0.3) is 55.8 Å². The molecule has 1 aromatic heterocycles. The van der Waals surface area contributed by atoms with Crippen molar-refractivity contribution in [1.29, 1.82) is 0 Å². The lowest BCUT2D eigenvalue weighted by atomic mass is 9.81. The van der Waals surface area contributed by atoms with Crippen LogP contribution in [0.1, 0.15) is 25.0 Å². The molecule has 1 aliphatic carbocycles. The standard InChI is InChI=1S/C35H26N2/c1-35(2)30-14-8-6-12-27(30)28-21-20-26(22-31(28)35)23-16-18-24(19-17-23)33-29-13-7-9-15-32(29)36-34(37-33)25-10-4-3-5-11-25/h3-22H,1-2H3. The summed E-state index contributed by atoms with van der Waals surface area (Å²) in [6.45, 7) is 4.66. The zero-order valence-corrected chi connectivity index (χ0v) is 20.9. The van der Waals surface area contributed by atoms with Crippen LogP contribution in [0.2, 0.25) is 0 Å². The fourth-order valence-corrected chi connectivity index (χ4v) is 5.72. The van der Waals surface area contributed by atoms with Gasteiger partial charge in [-0.1, -0.05) is 123 Å². The Hall–Kier alpha value is -4.56. The molecule has 0 unspecified atom stereocenters. The molecule has 6 aromatic rings. The molecule has 37 heavy (non-hydrogen) atoms. The van der Waals surface area contributed by atoms with Gasteiger partial charge in [0.1, 0.15) is 0 Å². The predicted molar refractivity (Wildman–Crippen MR) is 153 cm³/mol. The second kappa shape index (κ2) is 8.25. The van der Waals surface area contributed by atoms with Crippen molar-refractivity contribution in [2.45, 2.75) is 19.3 Å². The van der Waals surface area contributed by atoms with Crippen molar-refractivity contribution in [3.8, 4) is 44.9 Å². The third kappa shape index (κ3) is 3.48. The van der Waals surface area contributed by atoms with E-state index in [0.29, 0.717) is 0 Å². The molecule has 0 saturated carbocycles. The molecule has 2 heteroatoms. The summed E-state index contributed by atoms with van der Waals surface area (Å²) in [6.07, 6.45) is 0. The monoisotopic (exact) mass is 474 g/mol. The minimum absolute atomic E-state index is 0.00437. The zero-order valence-electron chi connectivity index (χ0n) is 20.9. The minimum Gasteiger partial charge on any atom is -0.228 e. The van der Waals surface area contributed by atoms with Gasteiger partial charge in [-0.05, 0) is 45.5 Å². The number of para-hydroxylation sites is 1. The van der Waals surface area contributed by atoms with Crippen molar-refractivity contribution in [1.82, 2.24) is 9.97 Å². The smallest absolute Gasteiger partial charge is 0.160 e. The van der Waals surface area contributed by atoms with E-state index >= 15 is 0 Å². The molecule has 0 aliphatic heterocycles. The van der Waals surface area contributed by atoms with Crippen molar-refractivity contribution in [2.75, 3.05) is 0 Å². The lowest BCUT2D eigenvalue weighted by Gasteiger charge is -2.22. The second-order valence-corrected chi connectivity index (χ2v) is 10.3. The maximum absolute atomic E-state index is 5.02. The lowest BCUT2D eigenvalue weighted by molar-refractivity contribution is 0.660. The highest BCUT2D eigenvalue weighted by Gasteiger charge is 2.35. The lowest BCUT2D eigenvalue weighted by Crippen LogP contribution is -2.14. The Balaban J connectivity index is 1.30. The molecule has 0 spiro atoms. The van der Waals surface area contributed by atoms with Crippen LogP contribution in [-0.4, -0.2) is 9.97 Å². The summed E-state index contributed by atoms with van der Waals surface area (Å²) in [5, 5.41) is 1.06. The summed E-state index contributed by atoms with van der Waals surface area (Å²) in [5.74, 6) is 0.749. The zero-order chi connectivity index (χ0) is 25.0. The number of rotatable bonds is 3. The van der Waals surface area contributed by atoms with Gasteiger partial charge in [-0.15, -0.1) is 0 Å². The van der Waals surface area contributed by atoms with E-state index in [1.165, 1.54) is 33.4 Å². The van der Waals surface area contributed by atoms with Gasteiger partial charge in [0, 0.05) is 21.9 Å². The van der Waals surface area contributed by atoms with E-state index in [9.17, 15) is 0 Å². The minimum atomic E-state index is -0.00437. The van der Waals surface area contributed by atoms with Crippen LogP contribution in [0.3, 0.4) is 0 Å². The summed E-state index contributed by atoms with van der Waals surface area (Å²) in [6, 6.07) is 42.9. The molecule has 1 aliphatic rings. The van der Waals surface area contributed by atoms with Gasteiger partial charge in [0.25, 0.3) is 0 Å². The van der Waals surface area contributed by atoms with Gasteiger partial charge in [0.15, 0.2) is 5.82 Å². The van der Waals surface area contributed by atoms with Crippen molar-refractivity contribution in [3.05, 3.63) is 132 Å². The molecule has 0 fully saturated rings. The fraction of sp³-hybridized carbons (Fsp3) is 0.0857. The van der Waals surface area contributed by atoms with Gasteiger partial charge in [-0.2, -0.15) is 0 Å². The van der Waals surface area contributed by atoms with Crippen LogP contribution in [0.4, 0.5) is 0 Å². The van der Waals surface area contributed by atoms with Gasteiger partial charge in [-0.25, -0.2) is 9.97 Å². The number of hydrogen-bond donors (Lipinski definition) is 0.